The lowest BCUT2D eigenvalue weighted by molar-refractivity contribution is 0.261. The quantitative estimate of drug-likeness (QED) is 0.779. The molecule has 0 saturated carbocycles. The summed E-state index contributed by atoms with van der Waals surface area (Å²) in [4.78, 5) is 14.5. The number of ether oxygens (including phenoxy) is 1. The van der Waals surface area contributed by atoms with Crippen LogP contribution in [0.2, 0.25) is 10.0 Å². The molecule has 2 aromatic rings. The molecule has 2 rings (SSSR count). The van der Waals surface area contributed by atoms with Crippen LogP contribution in [-0.4, -0.2) is 53.4 Å². The van der Waals surface area contributed by atoms with Crippen molar-refractivity contribution in [3.05, 3.63) is 22.2 Å². The van der Waals surface area contributed by atoms with E-state index < -0.39 is 0 Å². The van der Waals surface area contributed by atoms with Crippen molar-refractivity contribution in [2.24, 2.45) is 0 Å². The van der Waals surface area contributed by atoms with Crippen LogP contribution in [0.5, 0.6) is 5.75 Å². The zero-order valence-electron chi connectivity index (χ0n) is 13.0. The van der Waals surface area contributed by atoms with Gasteiger partial charge in [-0.2, -0.15) is 9.97 Å². The van der Waals surface area contributed by atoms with Gasteiger partial charge < -0.3 is 15.4 Å². The summed E-state index contributed by atoms with van der Waals surface area (Å²) < 4.78 is 5.71. The Morgan fingerprint density at radius 2 is 1.91 bits per heavy atom. The van der Waals surface area contributed by atoms with Crippen LogP contribution in [0, 0.1) is 0 Å². The van der Waals surface area contributed by atoms with Gasteiger partial charge >= 0.3 is 0 Å². The highest BCUT2D eigenvalue weighted by atomic mass is 35.5. The van der Waals surface area contributed by atoms with Crippen LogP contribution in [0.15, 0.2) is 17.3 Å². The molecule has 1 aromatic heterocycles. The summed E-state index contributed by atoms with van der Waals surface area (Å²) in [6.45, 7) is 1.27. The molecule has 23 heavy (non-hydrogen) atoms. The van der Waals surface area contributed by atoms with Crippen molar-refractivity contribution in [2.45, 2.75) is 5.16 Å². The number of aromatic nitrogens is 3. The largest absolute Gasteiger partial charge is 0.491 e. The summed E-state index contributed by atoms with van der Waals surface area (Å²) in [5, 5.41) is 1.38. The SMILES string of the molecule is CSc1nc(N)nc(-c2cc(OCCN(C)C)c(Cl)cc2Cl)n1. The molecule has 0 amide bonds. The molecular weight excluding hydrogens is 357 g/mol. The summed E-state index contributed by atoms with van der Waals surface area (Å²) in [5.41, 5.74) is 6.32. The number of nitrogens with two attached hydrogens (primary N) is 1. The van der Waals surface area contributed by atoms with Gasteiger partial charge in [0.25, 0.3) is 0 Å². The van der Waals surface area contributed by atoms with Gasteiger partial charge in [-0.3, -0.25) is 0 Å². The number of nitrogens with zero attached hydrogens (tertiary/aromatic N) is 4. The highest BCUT2D eigenvalue weighted by Gasteiger charge is 2.14. The van der Waals surface area contributed by atoms with Crippen LogP contribution in [0.25, 0.3) is 11.4 Å². The van der Waals surface area contributed by atoms with E-state index in [0.29, 0.717) is 38.9 Å². The molecule has 0 aliphatic carbocycles. The standard InChI is InChI=1S/C14H17Cl2N5OS/c1-21(2)4-5-22-11-6-8(9(15)7-10(11)16)12-18-13(17)20-14(19-12)23-3/h6-7H,4-5H2,1-3H3,(H2,17,18,19,20). The number of anilines is 1. The Kier molecular flexibility index (Phi) is 6.29. The van der Waals surface area contributed by atoms with E-state index in [9.17, 15) is 0 Å². The Balaban J connectivity index is 2.36. The number of hydrogen-bond donors (Lipinski definition) is 1. The lowest BCUT2D eigenvalue weighted by Crippen LogP contribution is -2.19. The number of thioether (sulfide) groups is 1. The van der Waals surface area contributed by atoms with E-state index >= 15 is 0 Å². The van der Waals surface area contributed by atoms with Gasteiger partial charge in [-0.1, -0.05) is 35.0 Å². The van der Waals surface area contributed by atoms with Crippen LogP contribution < -0.4 is 10.5 Å². The molecule has 0 saturated heterocycles. The van der Waals surface area contributed by atoms with E-state index in [2.05, 4.69) is 15.0 Å². The maximum atomic E-state index is 6.27. The summed E-state index contributed by atoms with van der Waals surface area (Å²) in [6, 6.07) is 3.33. The van der Waals surface area contributed by atoms with Gasteiger partial charge in [-0.25, -0.2) is 4.98 Å². The topological polar surface area (TPSA) is 77.2 Å². The molecule has 0 fully saturated rings. The molecule has 6 nitrogen and oxygen atoms in total. The Labute approximate surface area is 149 Å². The lowest BCUT2D eigenvalue weighted by Gasteiger charge is -2.14. The van der Waals surface area contributed by atoms with Gasteiger partial charge in [0.15, 0.2) is 11.0 Å². The first-order chi connectivity index (χ1) is 10.9. The third-order valence-electron chi connectivity index (χ3n) is 2.87. The van der Waals surface area contributed by atoms with E-state index in [-0.39, 0.29) is 5.95 Å². The predicted molar refractivity (Wildman–Crippen MR) is 95.5 cm³/mol. The second-order valence-corrected chi connectivity index (χ2v) is 6.51. The molecule has 0 bridgehead atoms. The van der Waals surface area contributed by atoms with E-state index in [1.807, 2.05) is 25.3 Å². The molecule has 0 aliphatic rings. The smallest absolute Gasteiger partial charge is 0.224 e. The second-order valence-electron chi connectivity index (χ2n) is 4.92. The molecule has 0 unspecified atom stereocenters. The summed E-state index contributed by atoms with van der Waals surface area (Å²) >= 11 is 13.8. The summed E-state index contributed by atoms with van der Waals surface area (Å²) in [5.74, 6) is 1.05. The van der Waals surface area contributed by atoms with Gasteiger partial charge in [0.05, 0.1) is 10.0 Å². The van der Waals surface area contributed by atoms with Crippen LogP contribution in [0.4, 0.5) is 5.95 Å². The molecule has 124 valence electrons. The molecule has 0 spiro atoms. The highest BCUT2D eigenvalue weighted by molar-refractivity contribution is 7.98. The van der Waals surface area contributed by atoms with Crippen molar-refractivity contribution in [1.82, 2.24) is 19.9 Å². The fourth-order valence-corrected chi connectivity index (χ4v) is 2.62. The number of halogens is 2. The first kappa shape index (κ1) is 18.1. The van der Waals surface area contributed by atoms with Crippen molar-refractivity contribution in [1.29, 1.82) is 0 Å². The van der Waals surface area contributed by atoms with Gasteiger partial charge in [0.1, 0.15) is 12.4 Å². The minimum atomic E-state index is 0.139. The van der Waals surface area contributed by atoms with Gasteiger partial charge in [-0.15, -0.1) is 0 Å². The molecule has 0 radical (unpaired) electrons. The van der Waals surface area contributed by atoms with Crippen LogP contribution >= 0.6 is 35.0 Å². The Hall–Kier alpha value is -1.28. The van der Waals surface area contributed by atoms with Gasteiger partial charge in [0, 0.05) is 12.1 Å². The predicted octanol–water partition coefficient (Wildman–Crippen LogP) is 3.09. The van der Waals surface area contributed by atoms with E-state index in [1.165, 1.54) is 11.8 Å². The molecule has 1 aromatic carbocycles. The Bertz CT molecular complexity index is 699. The molecule has 0 atom stereocenters. The third kappa shape index (κ3) is 4.84. The zero-order valence-corrected chi connectivity index (χ0v) is 15.3. The van der Waals surface area contributed by atoms with Crippen LogP contribution in [0.1, 0.15) is 0 Å². The van der Waals surface area contributed by atoms with Crippen molar-refractivity contribution in [3.8, 4) is 17.1 Å². The Morgan fingerprint density at radius 3 is 2.57 bits per heavy atom. The number of nitrogen functional groups attached to an aromatic ring is 1. The maximum Gasteiger partial charge on any atom is 0.224 e. The Morgan fingerprint density at radius 1 is 1.17 bits per heavy atom. The zero-order chi connectivity index (χ0) is 17.0. The molecule has 0 aliphatic heterocycles. The number of hydrogen-bond acceptors (Lipinski definition) is 7. The molecule has 2 N–H and O–H groups in total. The third-order valence-corrected chi connectivity index (χ3v) is 4.03. The lowest BCUT2D eigenvalue weighted by atomic mass is 10.2. The molecule has 1 heterocycles. The normalized spacial score (nSPS) is 11.0. The maximum absolute atomic E-state index is 6.27. The van der Waals surface area contributed by atoms with Crippen LogP contribution in [0.3, 0.4) is 0 Å². The molecule has 9 heteroatoms. The van der Waals surface area contributed by atoms with Gasteiger partial charge in [0.2, 0.25) is 5.95 Å². The fraction of sp³-hybridized carbons (Fsp3) is 0.357. The number of rotatable bonds is 6. The second kappa shape index (κ2) is 8.01. The van der Waals surface area contributed by atoms with E-state index in [1.54, 1.807) is 12.1 Å². The average Bonchev–Trinajstić information content (AvgIpc) is 2.48. The minimum absolute atomic E-state index is 0.139. The monoisotopic (exact) mass is 373 g/mol. The summed E-state index contributed by atoms with van der Waals surface area (Å²) in [6.07, 6.45) is 1.86. The highest BCUT2D eigenvalue weighted by Crippen LogP contribution is 2.36. The minimum Gasteiger partial charge on any atom is -0.491 e. The average molecular weight is 374 g/mol. The van der Waals surface area contributed by atoms with Crippen LogP contribution in [-0.2, 0) is 0 Å². The first-order valence-electron chi connectivity index (χ1n) is 6.73. The number of benzene rings is 1. The number of likely N-dealkylation sites (N-methyl/N-ethyl adjacent to an activating group) is 1. The van der Waals surface area contributed by atoms with Crippen molar-refractivity contribution < 1.29 is 4.74 Å². The molecular formula is C14H17Cl2N5OS. The van der Waals surface area contributed by atoms with E-state index in [0.717, 1.165) is 6.54 Å². The van der Waals surface area contributed by atoms with Crippen molar-refractivity contribution in [3.63, 3.8) is 0 Å². The van der Waals surface area contributed by atoms with Crippen molar-refractivity contribution in [2.75, 3.05) is 39.2 Å². The summed E-state index contributed by atoms with van der Waals surface area (Å²) in [7, 11) is 3.94. The van der Waals surface area contributed by atoms with E-state index in [4.69, 9.17) is 33.7 Å². The fourth-order valence-electron chi connectivity index (χ4n) is 1.73. The van der Waals surface area contributed by atoms with Crippen molar-refractivity contribution >= 4 is 40.9 Å². The van der Waals surface area contributed by atoms with Gasteiger partial charge in [-0.05, 0) is 32.5 Å². The first-order valence-corrected chi connectivity index (χ1v) is 8.71.